The first-order valence-corrected chi connectivity index (χ1v) is 19.6. The van der Waals surface area contributed by atoms with Gasteiger partial charge in [-0.1, -0.05) is 162 Å². The van der Waals surface area contributed by atoms with Gasteiger partial charge in [0.05, 0.1) is 25.4 Å². The lowest BCUT2D eigenvalue weighted by molar-refractivity contribution is -0.123. The van der Waals surface area contributed by atoms with Crippen LogP contribution in [-0.2, 0) is 18.4 Å². The molecule has 0 aromatic rings. The zero-order valence-corrected chi connectivity index (χ0v) is 29.1. The van der Waals surface area contributed by atoms with Gasteiger partial charge in [-0.2, -0.15) is 0 Å². The molecule has 5 N–H and O–H groups in total. The molecule has 0 aliphatic rings. The zero-order valence-electron chi connectivity index (χ0n) is 28.2. The Hall–Kier alpha value is -0.500. The van der Waals surface area contributed by atoms with Gasteiger partial charge in [-0.05, 0) is 12.8 Å². The van der Waals surface area contributed by atoms with Crippen molar-refractivity contribution in [2.75, 3.05) is 19.8 Å². The minimum atomic E-state index is -4.30. The molecule has 8 nitrogen and oxygen atoms in total. The van der Waals surface area contributed by atoms with E-state index in [1.807, 2.05) is 0 Å². The van der Waals surface area contributed by atoms with Crippen LogP contribution in [0.5, 0.6) is 0 Å². The molecule has 0 saturated heterocycles. The van der Waals surface area contributed by atoms with E-state index < -0.39 is 20.0 Å². The van der Waals surface area contributed by atoms with Crippen LogP contribution in [0.4, 0.5) is 0 Å². The fourth-order valence-electron chi connectivity index (χ4n) is 5.43. The number of nitrogens with two attached hydrogens (primary N) is 1. The molecule has 0 aliphatic heterocycles. The summed E-state index contributed by atoms with van der Waals surface area (Å²) in [6.45, 7) is 4.19. The van der Waals surface area contributed by atoms with Crippen LogP contribution >= 0.6 is 7.82 Å². The normalized spacial score (nSPS) is 14.4. The minimum Gasteiger partial charge on any atom is -0.391 e. The van der Waals surface area contributed by atoms with Crippen molar-refractivity contribution in [2.45, 2.75) is 193 Å². The van der Waals surface area contributed by atoms with Crippen molar-refractivity contribution in [1.82, 2.24) is 5.32 Å². The topological polar surface area (TPSA) is 131 Å². The maximum Gasteiger partial charge on any atom is 0.472 e. The Morgan fingerprint density at radius 2 is 1.07 bits per heavy atom. The highest BCUT2D eigenvalue weighted by molar-refractivity contribution is 7.47. The summed E-state index contributed by atoms with van der Waals surface area (Å²) in [6, 6.07) is -0.764. The maximum absolute atomic E-state index is 12.7. The fraction of sp³-hybridized carbons (Fsp3) is 0.971. The van der Waals surface area contributed by atoms with Crippen molar-refractivity contribution in [3.8, 4) is 0 Å². The van der Waals surface area contributed by atoms with E-state index in [4.69, 9.17) is 14.8 Å². The van der Waals surface area contributed by atoms with Crippen molar-refractivity contribution in [3.63, 3.8) is 0 Å². The summed E-state index contributed by atoms with van der Waals surface area (Å²) < 4.78 is 22.0. The summed E-state index contributed by atoms with van der Waals surface area (Å²) in [5.41, 5.74) is 5.35. The molecule has 0 heterocycles. The number of phosphoric ester groups is 1. The van der Waals surface area contributed by atoms with Gasteiger partial charge in [-0.15, -0.1) is 0 Å². The third-order valence-electron chi connectivity index (χ3n) is 8.21. The second-order valence-electron chi connectivity index (χ2n) is 12.4. The van der Waals surface area contributed by atoms with Crippen molar-refractivity contribution in [2.24, 2.45) is 5.73 Å². The van der Waals surface area contributed by atoms with Crippen molar-refractivity contribution < 1.29 is 28.4 Å². The quantitative estimate of drug-likeness (QED) is 0.0410. The average Bonchev–Trinajstić information content (AvgIpc) is 2.99. The molecule has 258 valence electrons. The van der Waals surface area contributed by atoms with Crippen LogP contribution in [0.2, 0.25) is 0 Å². The van der Waals surface area contributed by atoms with E-state index in [-0.39, 0.29) is 25.7 Å². The van der Waals surface area contributed by atoms with E-state index in [1.165, 1.54) is 116 Å². The maximum atomic E-state index is 12.7. The molecule has 1 unspecified atom stereocenters. The molecule has 0 saturated carbocycles. The molecule has 0 spiro atoms. The molecular formula is C34H71N2O6P. The number of rotatable bonds is 34. The number of aliphatic hydroxyl groups is 1. The number of carbonyl (C=O) groups is 1. The molecular weight excluding hydrogens is 563 g/mol. The third-order valence-corrected chi connectivity index (χ3v) is 9.20. The second kappa shape index (κ2) is 31.5. The standard InChI is InChI=1S/C34H71N2O6P/c1-3-5-7-9-11-13-15-16-18-20-22-24-26-28-34(38)36-32(31-42-43(39,40)41-30-29-35)33(37)27-25-23-21-19-17-14-12-10-8-6-4-2/h32-33,37H,3-31,35H2,1-2H3,(H,36,38)(H,39,40)/t32-,33+/m0/s1. The fourth-order valence-corrected chi connectivity index (χ4v) is 6.19. The van der Waals surface area contributed by atoms with Gasteiger partial charge in [0.1, 0.15) is 0 Å². The minimum absolute atomic E-state index is 0.0919. The third kappa shape index (κ3) is 29.9. The van der Waals surface area contributed by atoms with Gasteiger partial charge < -0.3 is 21.1 Å². The molecule has 1 amide bonds. The Bertz CT molecular complexity index is 654. The lowest BCUT2D eigenvalue weighted by Gasteiger charge is -2.25. The molecule has 9 heteroatoms. The molecule has 0 aromatic heterocycles. The van der Waals surface area contributed by atoms with Crippen molar-refractivity contribution in [1.29, 1.82) is 0 Å². The average molecular weight is 635 g/mol. The number of amides is 1. The smallest absolute Gasteiger partial charge is 0.391 e. The van der Waals surface area contributed by atoms with Gasteiger partial charge in [0.2, 0.25) is 5.91 Å². The zero-order chi connectivity index (χ0) is 31.9. The van der Waals surface area contributed by atoms with Crippen LogP contribution in [0, 0.1) is 0 Å². The number of carbonyl (C=O) groups excluding carboxylic acids is 1. The molecule has 0 bridgehead atoms. The SMILES string of the molecule is CCCCCCCCCCCCCCCC(=O)N[C@@H](COP(=O)(O)OCCN)[C@H](O)CCCCCCCCCCCCC. The number of unbranched alkanes of at least 4 members (excludes halogenated alkanes) is 22. The first-order chi connectivity index (χ1) is 20.9. The lowest BCUT2D eigenvalue weighted by Crippen LogP contribution is -2.46. The van der Waals surface area contributed by atoms with Gasteiger partial charge in [-0.25, -0.2) is 4.57 Å². The Morgan fingerprint density at radius 3 is 1.49 bits per heavy atom. The summed E-state index contributed by atoms with van der Waals surface area (Å²) in [5.74, 6) is -0.162. The van der Waals surface area contributed by atoms with Crippen LogP contribution in [-0.4, -0.2) is 47.8 Å². The number of aliphatic hydroxyl groups excluding tert-OH is 1. The van der Waals surface area contributed by atoms with E-state index in [2.05, 4.69) is 19.2 Å². The highest BCUT2D eigenvalue weighted by Gasteiger charge is 2.27. The van der Waals surface area contributed by atoms with Crippen molar-refractivity contribution >= 4 is 13.7 Å². The van der Waals surface area contributed by atoms with Gasteiger partial charge in [0, 0.05) is 13.0 Å². The van der Waals surface area contributed by atoms with Gasteiger partial charge >= 0.3 is 7.82 Å². The summed E-state index contributed by atoms with van der Waals surface area (Å²) >= 11 is 0. The number of hydrogen-bond acceptors (Lipinski definition) is 6. The predicted molar refractivity (Wildman–Crippen MR) is 180 cm³/mol. The van der Waals surface area contributed by atoms with Gasteiger partial charge in [-0.3, -0.25) is 13.8 Å². The highest BCUT2D eigenvalue weighted by Crippen LogP contribution is 2.43. The molecule has 0 aromatic carbocycles. The lowest BCUT2D eigenvalue weighted by atomic mass is 10.0. The van der Waals surface area contributed by atoms with Gasteiger partial charge in [0.25, 0.3) is 0 Å². The number of nitrogens with one attached hydrogen (secondary N) is 1. The Morgan fingerprint density at radius 1 is 0.674 bits per heavy atom. The van der Waals surface area contributed by atoms with E-state index in [0.29, 0.717) is 12.8 Å². The second-order valence-corrected chi connectivity index (χ2v) is 13.9. The molecule has 43 heavy (non-hydrogen) atoms. The van der Waals surface area contributed by atoms with Crippen LogP contribution in [0.15, 0.2) is 0 Å². The van der Waals surface area contributed by atoms with Crippen LogP contribution < -0.4 is 11.1 Å². The van der Waals surface area contributed by atoms with Gasteiger partial charge in [0.15, 0.2) is 0 Å². The van der Waals surface area contributed by atoms with E-state index >= 15 is 0 Å². The predicted octanol–water partition coefficient (Wildman–Crippen LogP) is 9.11. The Labute approximate surface area is 265 Å². The van der Waals surface area contributed by atoms with Crippen LogP contribution in [0.3, 0.4) is 0 Å². The summed E-state index contributed by atoms with van der Waals surface area (Å²) in [7, 11) is -4.30. The summed E-state index contributed by atoms with van der Waals surface area (Å²) in [4.78, 5) is 22.5. The summed E-state index contributed by atoms with van der Waals surface area (Å²) in [5, 5.41) is 13.7. The van der Waals surface area contributed by atoms with Crippen LogP contribution in [0.1, 0.15) is 181 Å². The van der Waals surface area contributed by atoms with Crippen molar-refractivity contribution in [3.05, 3.63) is 0 Å². The molecule has 3 atom stereocenters. The van der Waals surface area contributed by atoms with E-state index in [1.54, 1.807) is 0 Å². The van der Waals surface area contributed by atoms with Crippen LogP contribution in [0.25, 0.3) is 0 Å². The first kappa shape index (κ1) is 42.5. The number of hydrogen-bond donors (Lipinski definition) is 4. The highest BCUT2D eigenvalue weighted by atomic mass is 31.2. The van der Waals surface area contributed by atoms with E-state index in [0.717, 1.165) is 38.5 Å². The van der Waals surface area contributed by atoms with E-state index in [9.17, 15) is 19.4 Å². The molecule has 0 aliphatic carbocycles. The molecule has 0 rings (SSSR count). The monoisotopic (exact) mass is 635 g/mol. The largest absolute Gasteiger partial charge is 0.472 e. The number of phosphoric acid groups is 1. The molecule has 0 fully saturated rings. The first-order valence-electron chi connectivity index (χ1n) is 18.2. The summed E-state index contributed by atoms with van der Waals surface area (Å²) in [6.07, 6.45) is 29.6. The Balaban J connectivity index is 4.25. The Kier molecular flexibility index (Phi) is 31.1. The molecule has 0 radical (unpaired) electrons.